The molecule has 5 aliphatic rings. The lowest BCUT2D eigenvalue weighted by molar-refractivity contribution is -0.194. The van der Waals surface area contributed by atoms with Crippen LogP contribution in [0, 0.1) is 23.2 Å². The quantitative estimate of drug-likeness (QED) is 0.228. The van der Waals surface area contributed by atoms with Gasteiger partial charge in [0.25, 0.3) is 0 Å². The highest BCUT2D eigenvalue weighted by atomic mass is 16.7. The topological polar surface area (TPSA) is 89.5 Å². The SMILES string of the molecule is CCOC(=O)[C@@]12[C@H](C3O[C@@H](COCc4ccccc4)[C@H](COCc4ccccc4)O3)[C@@H]3CC[C@@]1(OCc1ccccc1)[C@H]2C3=O. The van der Waals surface area contributed by atoms with Gasteiger partial charge in [0, 0.05) is 11.8 Å². The summed E-state index contributed by atoms with van der Waals surface area (Å²) in [5.74, 6) is -1.78. The van der Waals surface area contributed by atoms with Crippen LogP contribution in [0.2, 0.25) is 0 Å². The van der Waals surface area contributed by atoms with Gasteiger partial charge in [0.1, 0.15) is 23.4 Å². The second kappa shape index (κ2) is 12.8. The number of rotatable bonds is 14. The van der Waals surface area contributed by atoms with Crippen molar-refractivity contribution in [2.75, 3.05) is 19.8 Å². The van der Waals surface area contributed by atoms with Crippen molar-refractivity contribution in [1.82, 2.24) is 0 Å². The summed E-state index contributed by atoms with van der Waals surface area (Å²) in [4.78, 5) is 27.8. The number of hydrogen-bond acceptors (Lipinski definition) is 8. The van der Waals surface area contributed by atoms with Crippen molar-refractivity contribution in [2.45, 2.75) is 63.7 Å². The minimum atomic E-state index is -1.14. The average molecular weight is 613 g/mol. The Bertz CT molecular complexity index is 1410. The molecule has 4 saturated carbocycles. The number of hydrogen-bond donors (Lipinski definition) is 0. The molecule has 8 nitrogen and oxygen atoms in total. The van der Waals surface area contributed by atoms with Gasteiger partial charge in [-0.25, -0.2) is 0 Å². The largest absolute Gasteiger partial charge is 0.465 e. The number of ketones is 1. The summed E-state index contributed by atoms with van der Waals surface area (Å²) in [6.07, 6.45) is -0.450. The highest BCUT2D eigenvalue weighted by molar-refractivity contribution is 6.05. The first-order chi connectivity index (χ1) is 22.1. The van der Waals surface area contributed by atoms with Gasteiger partial charge in [0.2, 0.25) is 0 Å². The van der Waals surface area contributed by atoms with Gasteiger partial charge < -0.3 is 28.4 Å². The van der Waals surface area contributed by atoms with Gasteiger partial charge in [0.15, 0.2) is 6.29 Å². The summed E-state index contributed by atoms with van der Waals surface area (Å²) in [5, 5.41) is 0. The minimum absolute atomic E-state index is 0.0558. The zero-order valence-electron chi connectivity index (χ0n) is 25.5. The van der Waals surface area contributed by atoms with E-state index in [-0.39, 0.29) is 31.5 Å². The molecule has 0 N–H and O–H groups in total. The van der Waals surface area contributed by atoms with Crippen molar-refractivity contribution in [3.63, 3.8) is 0 Å². The van der Waals surface area contributed by atoms with E-state index in [9.17, 15) is 9.59 Å². The minimum Gasteiger partial charge on any atom is -0.465 e. The lowest BCUT2D eigenvalue weighted by Crippen LogP contribution is -2.51. The van der Waals surface area contributed by atoms with Crippen LogP contribution in [-0.2, 0) is 57.8 Å². The van der Waals surface area contributed by atoms with Gasteiger partial charge in [-0.15, -0.1) is 0 Å². The van der Waals surface area contributed by atoms with E-state index in [0.717, 1.165) is 16.7 Å². The van der Waals surface area contributed by atoms with Crippen molar-refractivity contribution in [1.29, 1.82) is 0 Å². The molecule has 1 aliphatic heterocycles. The van der Waals surface area contributed by atoms with Gasteiger partial charge in [-0.2, -0.15) is 0 Å². The first-order valence-corrected chi connectivity index (χ1v) is 16.0. The highest BCUT2D eigenvalue weighted by Crippen LogP contribution is 2.81. The number of Topliss-reactive ketones (excluding diaryl/α,β-unsaturated/α-hetero) is 1. The number of carbonyl (C=O) groups is 2. The lowest BCUT2D eigenvalue weighted by Gasteiger charge is -2.41. The Kier molecular flexibility index (Phi) is 8.59. The third-order valence-electron chi connectivity index (χ3n) is 10.0. The monoisotopic (exact) mass is 612 g/mol. The van der Waals surface area contributed by atoms with Crippen molar-refractivity contribution < 1.29 is 38.0 Å². The fourth-order valence-electron chi connectivity index (χ4n) is 8.10. The van der Waals surface area contributed by atoms with Crippen molar-refractivity contribution in [3.8, 4) is 0 Å². The molecule has 7 atom stereocenters. The van der Waals surface area contributed by atoms with Crippen LogP contribution >= 0.6 is 0 Å². The summed E-state index contributed by atoms with van der Waals surface area (Å²) >= 11 is 0. The van der Waals surface area contributed by atoms with Crippen LogP contribution in [0.15, 0.2) is 91.0 Å². The second-order valence-corrected chi connectivity index (χ2v) is 12.5. The van der Waals surface area contributed by atoms with Crippen LogP contribution in [0.3, 0.4) is 0 Å². The Hall–Kier alpha value is -3.40. The maximum atomic E-state index is 13.9. The predicted octanol–water partition coefficient (Wildman–Crippen LogP) is 5.27. The molecule has 4 bridgehead atoms. The van der Waals surface area contributed by atoms with Crippen molar-refractivity contribution in [2.24, 2.45) is 23.2 Å². The van der Waals surface area contributed by atoms with E-state index in [1.165, 1.54) is 0 Å². The van der Waals surface area contributed by atoms with E-state index in [1.807, 2.05) is 91.0 Å². The fraction of sp³-hybridized carbons (Fsp3) is 0.459. The zero-order chi connectivity index (χ0) is 30.9. The van der Waals surface area contributed by atoms with Crippen LogP contribution in [-0.4, -0.2) is 55.7 Å². The molecule has 236 valence electrons. The molecule has 3 aromatic carbocycles. The van der Waals surface area contributed by atoms with Crippen LogP contribution in [0.1, 0.15) is 36.5 Å². The smallest absolute Gasteiger partial charge is 0.316 e. The molecule has 1 saturated heterocycles. The number of carbonyl (C=O) groups excluding carboxylic acids is 2. The highest BCUT2D eigenvalue weighted by Gasteiger charge is 2.95. The van der Waals surface area contributed by atoms with Gasteiger partial charge in [-0.05, 0) is 36.5 Å². The standard InChI is InChI=1S/C37H40O8/c1-2-42-35(39)37-31(28-18-19-36(37,33(37)32(28)38)43-22-27-16-10-5-11-17-27)34-44-29(23-40-20-25-12-6-3-7-13-25)30(45-34)24-41-21-26-14-8-4-9-15-26/h3-17,28-31,33-34H,2,18-24H2,1H3/t28-,29-,30-,31-,33+,36+,37-/m0/s1. The summed E-state index contributed by atoms with van der Waals surface area (Å²) in [7, 11) is 0. The number of fused-ring (bicyclic) bond motifs is 1. The Morgan fingerprint density at radius 1 is 0.778 bits per heavy atom. The van der Waals surface area contributed by atoms with Gasteiger partial charge in [-0.1, -0.05) is 91.0 Å². The summed E-state index contributed by atoms with van der Waals surface area (Å²) in [6, 6.07) is 29.8. The van der Waals surface area contributed by atoms with Gasteiger partial charge in [0.05, 0.1) is 51.2 Å². The molecule has 0 radical (unpaired) electrons. The molecule has 45 heavy (non-hydrogen) atoms. The molecule has 1 heterocycles. The van der Waals surface area contributed by atoms with E-state index in [0.29, 0.717) is 32.7 Å². The molecular weight excluding hydrogens is 572 g/mol. The van der Waals surface area contributed by atoms with Crippen molar-refractivity contribution >= 4 is 11.8 Å². The molecule has 5 fully saturated rings. The van der Waals surface area contributed by atoms with E-state index < -0.39 is 47.3 Å². The molecule has 3 aromatic rings. The maximum Gasteiger partial charge on any atom is 0.316 e. The van der Waals surface area contributed by atoms with Crippen LogP contribution in [0.5, 0.6) is 0 Å². The molecule has 8 rings (SSSR count). The average Bonchev–Trinajstić information content (AvgIpc) is 3.40. The second-order valence-electron chi connectivity index (χ2n) is 12.5. The van der Waals surface area contributed by atoms with E-state index in [4.69, 9.17) is 28.4 Å². The Labute approximate surface area is 263 Å². The Morgan fingerprint density at radius 2 is 1.29 bits per heavy atom. The number of ether oxygens (including phenoxy) is 6. The third-order valence-corrected chi connectivity index (χ3v) is 10.0. The molecule has 8 heteroatoms. The molecular formula is C37H40O8. The first kappa shape index (κ1) is 30.3. The van der Waals surface area contributed by atoms with Gasteiger partial charge in [-0.3, -0.25) is 9.59 Å². The maximum absolute atomic E-state index is 13.9. The first-order valence-electron chi connectivity index (χ1n) is 16.0. The van der Waals surface area contributed by atoms with Crippen LogP contribution in [0.4, 0.5) is 0 Å². The number of benzene rings is 3. The molecule has 0 unspecified atom stereocenters. The molecule has 0 aromatic heterocycles. The van der Waals surface area contributed by atoms with Crippen LogP contribution in [0.25, 0.3) is 0 Å². The fourth-order valence-corrected chi connectivity index (χ4v) is 8.10. The summed E-state index contributed by atoms with van der Waals surface area (Å²) < 4.78 is 37.7. The predicted molar refractivity (Wildman–Crippen MR) is 163 cm³/mol. The third kappa shape index (κ3) is 5.32. The molecule has 0 amide bonds. The lowest BCUT2D eigenvalue weighted by atomic mass is 9.69. The van der Waals surface area contributed by atoms with Gasteiger partial charge >= 0.3 is 5.97 Å². The molecule has 4 aliphatic carbocycles. The zero-order valence-corrected chi connectivity index (χ0v) is 25.5. The number of esters is 1. The normalized spacial score (nSPS) is 31.7. The Balaban J connectivity index is 1.12. The molecule has 0 spiro atoms. The Morgan fingerprint density at radius 3 is 1.80 bits per heavy atom. The van der Waals surface area contributed by atoms with E-state index in [2.05, 4.69) is 0 Å². The van der Waals surface area contributed by atoms with E-state index >= 15 is 0 Å². The summed E-state index contributed by atoms with van der Waals surface area (Å²) in [6.45, 7) is 3.73. The van der Waals surface area contributed by atoms with Crippen LogP contribution < -0.4 is 0 Å². The summed E-state index contributed by atoms with van der Waals surface area (Å²) in [5.41, 5.74) is 1.03. The van der Waals surface area contributed by atoms with E-state index in [1.54, 1.807) is 6.92 Å². The van der Waals surface area contributed by atoms with Crippen molar-refractivity contribution in [3.05, 3.63) is 108 Å².